The predicted molar refractivity (Wildman–Crippen MR) is 86.1 cm³/mol. The summed E-state index contributed by atoms with van der Waals surface area (Å²) in [7, 11) is 0. The van der Waals surface area contributed by atoms with Gasteiger partial charge in [0.2, 0.25) is 0 Å². The molecule has 1 aromatic carbocycles. The zero-order valence-corrected chi connectivity index (χ0v) is 12.6. The lowest BCUT2D eigenvalue weighted by molar-refractivity contribution is 0.567. The minimum atomic E-state index is 0.0391. The lowest BCUT2D eigenvalue weighted by atomic mass is 9.82. The second kappa shape index (κ2) is 5.90. The molecule has 1 aromatic heterocycles. The molecule has 0 radical (unpaired) electrons. The molecule has 0 saturated heterocycles. The van der Waals surface area contributed by atoms with Crippen LogP contribution in [0.25, 0.3) is 11.1 Å². The van der Waals surface area contributed by atoms with E-state index in [4.69, 9.17) is 0 Å². The number of allylic oxidation sites excluding steroid dienone is 1. The molecule has 1 heterocycles. The average Bonchev–Trinajstić information content (AvgIpc) is 2.45. The van der Waals surface area contributed by atoms with Crippen LogP contribution < -0.4 is 0 Å². The Labute approximate surface area is 121 Å². The van der Waals surface area contributed by atoms with Gasteiger partial charge in [-0.3, -0.25) is 4.98 Å². The first-order valence-corrected chi connectivity index (χ1v) is 6.93. The molecule has 0 aliphatic rings. The number of hydrogen-bond acceptors (Lipinski definition) is 1. The highest BCUT2D eigenvalue weighted by atomic mass is 14.7. The van der Waals surface area contributed by atoms with Gasteiger partial charge in [-0.2, -0.15) is 0 Å². The highest BCUT2D eigenvalue weighted by molar-refractivity contribution is 5.75. The fourth-order valence-electron chi connectivity index (χ4n) is 2.13. The Morgan fingerprint density at radius 2 is 1.60 bits per heavy atom. The largest absolute Gasteiger partial charge is 0.256 e. The van der Waals surface area contributed by atoms with E-state index in [1.807, 2.05) is 30.5 Å². The van der Waals surface area contributed by atoms with E-state index in [1.54, 1.807) is 0 Å². The lowest BCUT2D eigenvalue weighted by Crippen LogP contribution is -2.07. The van der Waals surface area contributed by atoms with Gasteiger partial charge in [-0.15, -0.1) is 5.73 Å². The van der Waals surface area contributed by atoms with Crippen molar-refractivity contribution in [1.29, 1.82) is 0 Å². The number of hydrogen-bond donors (Lipinski definition) is 0. The van der Waals surface area contributed by atoms with E-state index in [2.05, 4.69) is 62.7 Å². The molecule has 0 atom stereocenters. The highest BCUT2D eigenvalue weighted by Crippen LogP contribution is 2.33. The van der Waals surface area contributed by atoms with Gasteiger partial charge in [0.15, 0.2) is 0 Å². The van der Waals surface area contributed by atoms with Crippen molar-refractivity contribution < 1.29 is 0 Å². The molecule has 2 rings (SSSR count). The van der Waals surface area contributed by atoms with Gasteiger partial charge in [0.05, 0.1) is 5.69 Å². The molecule has 2 aromatic rings. The molecule has 20 heavy (non-hydrogen) atoms. The van der Waals surface area contributed by atoms with Gasteiger partial charge < -0.3 is 0 Å². The summed E-state index contributed by atoms with van der Waals surface area (Å²) in [5.74, 6) is 0. The van der Waals surface area contributed by atoms with Crippen molar-refractivity contribution >= 4 is 11.1 Å². The Hall–Kier alpha value is -2.11. The van der Waals surface area contributed by atoms with Crippen LogP contribution in [0.15, 0.2) is 60.5 Å². The monoisotopic (exact) mass is 263 g/mol. The summed E-state index contributed by atoms with van der Waals surface area (Å²) in [5.41, 5.74) is 8.07. The normalized spacial score (nSPS) is 10.8. The third kappa shape index (κ3) is 3.46. The molecule has 1 heteroatoms. The number of nitrogens with zero attached hydrogens (tertiary/aromatic N) is 1. The zero-order chi connectivity index (χ0) is 14.6. The van der Waals surface area contributed by atoms with Gasteiger partial charge in [-0.1, -0.05) is 57.2 Å². The van der Waals surface area contributed by atoms with Crippen LogP contribution in [-0.2, 0) is 0 Å². The maximum absolute atomic E-state index is 4.39. The molecular weight excluding hydrogens is 242 g/mol. The Morgan fingerprint density at radius 1 is 0.950 bits per heavy atom. The molecule has 1 nitrogen and oxygen atoms in total. The van der Waals surface area contributed by atoms with Crippen LogP contribution in [0, 0.1) is 5.41 Å². The summed E-state index contributed by atoms with van der Waals surface area (Å²) >= 11 is 0. The quantitative estimate of drug-likeness (QED) is 0.677. The Bertz CT molecular complexity index is 624. The average molecular weight is 263 g/mol. The first kappa shape index (κ1) is 14.3. The van der Waals surface area contributed by atoms with Crippen molar-refractivity contribution in [3.05, 3.63) is 71.7 Å². The van der Waals surface area contributed by atoms with Crippen molar-refractivity contribution in [2.75, 3.05) is 0 Å². The fourth-order valence-corrected chi connectivity index (χ4v) is 2.13. The summed E-state index contributed by atoms with van der Waals surface area (Å²) in [4.78, 5) is 4.39. The van der Waals surface area contributed by atoms with Gasteiger partial charge in [-0.05, 0) is 30.0 Å². The molecule has 0 unspecified atom stereocenters. The minimum Gasteiger partial charge on any atom is -0.256 e. The molecule has 0 saturated carbocycles. The van der Waals surface area contributed by atoms with Crippen LogP contribution in [-0.4, -0.2) is 4.98 Å². The Kier molecular flexibility index (Phi) is 4.22. The Balaban J connectivity index is 2.61. The van der Waals surface area contributed by atoms with E-state index < -0.39 is 0 Å². The van der Waals surface area contributed by atoms with Crippen molar-refractivity contribution in [2.24, 2.45) is 5.41 Å². The van der Waals surface area contributed by atoms with Crippen LogP contribution in [0.4, 0.5) is 0 Å². The van der Waals surface area contributed by atoms with Crippen molar-refractivity contribution in [1.82, 2.24) is 4.98 Å². The van der Waals surface area contributed by atoms with Gasteiger partial charge >= 0.3 is 0 Å². The minimum absolute atomic E-state index is 0.0391. The zero-order valence-electron chi connectivity index (χ0n) is 12.6. The second-order valence-electron chi connectivity index (χ2n) is 5.96. The van der Waals surface area contributed by atoms with Crippen LogP contribution >= 0.6 is 0 Å². The smallest absolute Gasteiger partial charge is 0.0735 e. The Morgan fingerprint density at radius 3 is 2.15 bits per heavy atom. The summed E-state index contributed by atoms with van der Waals surface area (Å²) < 4.78 is 0. The third-order valence-electron chi connectivity index (χ3n) is 3.17. The lowest BCUT2D eigenvalue weighted by Gasteiger charge is -2.21. The first-order chi connectivity index (χ1) is 9.48. The van der Waals surface area contributed by atoms with E-state index in [-0.39, 0.29) is 5.41 Å². The van der Waals surface area contributed by atoms with Crippen LogP contribution in [0.1, 0.15) is 39.0 Å². The van der Waals surface area contributed by atoms with E-state index in [0.717, 1.165) is 11.3 Å². The van der Waals surface area contributed by atoms with Crippen LogP contribution in [0.5, 0.6) is 0 Å². The maximum atomic E-state index is 4.39. The molecule has 0 fully saturated rings. The standard InChI is InChI=1S/C19H21N/c1-15(18-12-8-9-13-20-18)14-17(19(2,3)4)16-10-6-5-7-11-16/h5-13H,1-4H3. The number of benzene rings is 1. The summed E-state index contributed by atoms with van der Waals surface area (Å²) in [5, 5.41) is 0. The van der Waals surface area contributed by atoms with Crippen LogP contribution in [0.2, 0.25) is 0 Å². The number of rotatable bonds is 2. The molecule has 102 valence electrons. The molecule has 0 spiro atoms. The van der Waals surface area contributed by atoms with E-state index in [1.165, 1.54) is 11.1 Å². The molecule has 0 amide bonds. The van der Waals surface area contributed by atoms with E-state index in [9.17, 15) is 0 Å². The summed E-state index contributed by atoms with van der Waals surface area (Å²) in [6.45, 7) is 8.72. The maximum Gasteiger partial charge on any atom is 0.0735 e. The number of pyridine rings is 1. The molecule has 0 N–H and O–H groups in total. The SMILES string of the molecule is CC(=C=C(c1ccccc1)C(C)(C)C)c1ccccn1. The highest BCUT2D eigenvalue weighted by Gasteiger charge is 2.18. The topological polar surface area (TPSA) is 12.9 Å². The summed E-state index contributed by atoms with van der Waals surface area (Å²) in [6, 6.07) is 16.4. The van der Waals surface area contributed by atoms with E-state index >= 15 is 0 Å². The fraction of sp³-hybridized carbons (Fsp3) is 0.263. The molecule has 0 aliphatic heterocycles. The van der Waals surface area contributed by atoms with Gasteiger partial charge in [0, 0.05) is 17.3 Å². The second-order valence-corrected chi connectivity index (χ2v) is 5.96. The summed E-state index contributed by atoms with van der Waals surface area (Å²) in [6.07, 6.45) is 1.82. The van der Waals surface area contributed by atoms with Gasteiger partial charge in [-0.25, -0.2) is 0 Å². The van der Waals surface area contributed by atoms with Crippen molar-refractivity contribution in [3.63, 3.8) is 0 Å². The molecule has 0 bridgehead atoms. The van der Waals surface area contributed by atoms with Gasteiger partial charge in [0.25, 0.3) is 0 Å². The van der Waals surface area contributed by atoms with Crippen molar-refractivity contribution in [2.45, 2.75) is 27.7 Å². The predicted octanol–water partition coefficient (Wildman–Crippen LogP) is 5.21. The van der Waals surface area contributed by atoms with E-state index in [0.29, 0.717) is 0 Å². The third-order valence-corrected chi connectivity index (χ3v) is 3.17. The molecular formula is C19H21N. The van der Waals surface area contributed by atoms with Crippen LogP contribution in [0.3, 0.4) is 0 Å². The number of aromatic nitrogens is 1. The first-order valence-electron chi connectivity index (χ1n) is 6.93. The van der Waals surface area contributed by atoms with Gasteiger partial charge in [0.1, 0.15) is 0 Å². The molecule has 0 aliphatic carbocycles. The van der Waals surface area contributed by atoms with Crippen molar-refractivity contribution in [3.8, 4) is 0 Å².